The van der Waals surface area contributed by atoms with Gasteiger partial charge in [-0.1, -0.05) is 43.0 Å². The van der Waals surface area contributed by atoms with Crippen LogP contribution >= 0.6 is 11.6 Å². The largest absolute Gasteiger partial charge is 0.341 e. The van der Waals surface area contributed by atoms with Crippen molar-refractivity contribution in [3.63, 3.8) is 0 Å². The molecule has 1 saturated carbocycles. The van der Waals surface area contributed by atoms with E-state index in [1.165, 1.54) is 44.9 Å². The highest BCUT2D eigenvalue weighted by molar-refractivity contribution is 6.30. The Kier molecular flexibility index (Phi) is 8.05. The zero-order valence-corrected chi connectivity index (χ0v) is 23.3. The Morgan fingerprint density at radius 2 is 1.76 bits per heavy atom. The smallest absolute Gasteiger partial charge is 0.240 e. The monoisotopic (exact) mass is 538 g/mol. The third kappa shape index (κ3) is 5.95. The van der Waals surface area contributed by atoms with E-state index in [4.69, 9.17) is 11.6 Å². The number of rotatable bonds is 8. The van der Waals surface area contributed by atoms with Gasteiger partial charge in [-0.25, -0.2) is 4.98 Å². The van der Waals surface area contributed by atoms with E-state index in [0.717, 1.165) is 55.9 Å². The van der Waals surface area contributed by atoms with Gasteiger partial charge in [0.15, 0.2) is 0 Å². The van der Waals surface area contributed by atoms with Gasteiger partial charge in [-0.05, 0) is 86.8 Å². The quantitative estimate of drug-likeness (QED) is 0.513. The van der Waals surface area contributed by atoms with Crippen molar-refractivity contribution in [3.8, 4) is 0 Å². The van der Waals surface area contributed by atoms with E-state index >= 15 is 0 Å². The minimum absolute atomic E-state index is 0.198. The lowest BCUT2D eigenvalue weighted by Crippen LogP contribution is -2.57. The van der Waals surface area contributed by atoms with Gasteiger partial charge in [-0.3, -0.25) is 9.48 Å². The van der Waals surface area contributed by atoms with Crippen LogP contribution in [0, 0.1) is 11.3 Å². The number of amides is 1. The van der Waals surface area contributed by atoms with E-state index < -0.39 is 0 Å². The summed E-state index contributed by atoms with van der Waals surface area (Å²) in [7, 11) is 0. The zero-order valence-electron chi connectivity index (χ0n) is 22.5. The minimum Gasteiger partial charge on any atom is -0.341 e. The number of fused-ring (bicyclic) bond motifs is 2. The first kappa shape index (κ1) is 26.3. The molecule has 2 unspecified atom stereocenters. The summed E-state index contributed by atoms with van der Waals surface area (Å²) in [6.45, 7) is 2.59. The van der Waals surface area contributed by atoms with Crippen LogP contribution in [0.2, 0.25) is 5.02 Å². The number of nitrogens with one attached hydrogen (secondary N) is 2. The minimum atomic E-state index is -0.198. The lowest BCUT2D eigenvalue weighted by atomic mass is 9.63. The molecular formula is C30H43ClN6O. The molecule has 2 aromatic rings. The van der Waals surface area contributed by atoms with Crippen molar-refractivity contribution in [1.29, 1.82) is 0 Å². The van der Waals surface area contributed by atoms with Crippen LogP contribution < -0.4 is 10.6 Å². The van der Waals surface area contributed by atoms with Gasteiger partial charge in [0, 0.05) is 42.8 Å². The fourth-order valence-electron chi connectivity index (χ4n) is 7.99. The van der Waals surface area contributed by atoms with Crippen molar-refractivity contribution in [2.24, 2.45) is 11.3 Å². The second-order valence-corrected chi connectivity index (χ2v) is 12.9. The van der Waals surface area contributed by atoms with Crippen molar-refractivity contribution >= 4 is 17.5 Å². The number of hydrogen-bond acceptors (Lipinski definition) is 5. The normalized spacial score (nSPS) is 28.3. The van der Waals surface area contributed by atoms with Crippen LogP contribution in [0.4, 0.5) is 0 Å². The Hall–Kier alpha value is -1.96. The van der Waals surface area contributed by atoms with Gasteiger partial charge >= 0.3 is 0 Å². The molecule has 1 aliphatic carbocycles. The van der Waals surface area contributed by atoms with Crippen LogP contribution in [0.1, 0.15) is 76.2 Å². The molecule has 4 aliphatic rings. The van der Waals surface area contributed by atoms with Crippen LogP contribution in [0.15, 0.2) is 36.9 Å². The van der Waals surface area contributed by atoms with Crippen LogP contribution in [-0.2, 0) is 17.8 Å². The molecule has 6 rings (SSSR count). The molecule has 1 amide bonds. The Labute approximate surface area is 232 Å². The topological polar surface area (TPSA) is 75.1 Å². The highest BCUT2D eigenvalue weighted by Gasteiger charge is 2.44. The van der Waals surface area contributed by atoms with Gasteiger partial charge < -0.3 is 15.5 Å². The van der Waals surface area contributed by atoms with Crippen molar-refractivity contribution in [3.05, 3.63) is 47.5 Å². The fourth-order valence-corrected chi connectivity index (χ4v) is 8.12. The van der Waals surface area contributed by atoms with Gasteiger partial charge in [-0.15, -0.1) is 0 Å². The Balaban J connectivity index is 1.16. The Morgan fingerprint density at radius 1 is 1.05 bits per heavy atom. The fraction of sp³-hybridized carbons (Fsp3) is 0.700. The molecule has 38 heavy (non-hydrogen) atoms. The first-order chi connectivity index (χ1) is 18.6. The Bertz CT molecular complexity index is 1030. The van der Waals surface area contributed by atoms with Crippen molar-refractivity contribution in [1.82, 2.24) is 30.3 Å². The SMILES string of the molecule is O=C([C@@H](Cc1ccc(Cl)cc1)NC1CC2CCC(C1)N2)N1CCC(Cn2cncn2)(C2CCCCC2)CC1. The third-order valence-corrected chi connectivity index (χ3v) is 10.3. The number of carbonyl (C=O) groups is 1. The first-order valence-electron chi connectivity index (χ1n) is 14.9. The molecule has 2 bridgehead atoms. The number of aromatic nitrogens is 3. The average Bonchev–Trinajstić information content (AvgIpc) is 3.58. The van der Waals surface area contributed by atoms with Gasteiger partial charge in [0.25, 0.3) is 0 Å². The number of piperidine rings is 2. The summed E-state index contributed by atoms with van der Waals surface area (Å²) in [5.74, 6) is 0.981. The van der Waals surface area contributed by atoms with Crippen LogP contribution in [-0.4, -0.2) is 62.8 Å². The lowest BCUT2D eigenvalue weighted by Gasteiger charge is -2.48. The van der Waals surface area contributed by atoms with Gasteiger partial charge in [0.05, 0.1) is 6.04 Å². The summed E-state index contributed by atoms with van der Waals surface area (Å²) in [6.07, 6.45) is 17.7. The number of benzene rings is 1. The molecule has 8 heteroatoms. The summed E-state index contributed by atoms with van der Waals surface area (Å²) < 4.78 is 2.03. The maximum atomic E-state index is 14.1. The molecule has 1 aromatic heterocycles. The van der Waals surface area contributed by atoms with Crippen LogP contribution in [0.25, 0.3) is 0 Å². The van der Waals surface area contributed by atoms with E-state index in [1.54, 1.807) is 6.33 Å². The lowest BCUT2D eigenvalue weighted by molar-refractivity contribution is -0.137. The highest BCUT2D eigenvalue weighted by atomic mass is 35.5. The maximum Gasteiger partial charge on any atom is 0.240 e. The molecule has 7 nitrogen and oxygen atoms in total. The predicted octanol–water partition coefficient (Wildman–Crippen LogP) is 4.60. The summed E-state index contributed by atoms with van der Waals surface area (Å²) >= 11 is 6.16. The third-order valence-electron chi connectivity index (χ3n) is 10.0. The van der Waals surface area contributed by atoms with Gasteiger partial charge in [0.1, 0.15) is 12.7 Å². The molecular weight excluding hydrogens is 496 g/mol. The van der Waals surface area contributed by atoms with E-state index in [2.05, 4.69) is 37.7 Å². The van der Waals surface area contributed by atoms with Gasteiger partial charge in [0.2, 0.25) is 5.91 Å². The van der Waals surface area contributed by atoms with E-state index in [1.807, 2.05) is 23.1 Å². The molecule has 0 spiro atoms. The summed E-state index contributed by atoms with van der Waals surface area (Å²) in [5.41, 5.74) is 1.37. The summed E-state index contributed by atoms with van der Waals surface area (Å²) in [6, 6.07) is 9.40. The molecule has 206 valence electrons. The maximum absolute atomic E-state index is 14.1. The molecule has 2 N–H and O–H groups in total. The number of likely N-dealkylation sites (tertiary alicyclic amines) is 1. The van der Waals surface area contributed by atoms with E-state index in [-0.39, 0.29) is 17.4 Å². The molecule has 3 atom stereocenters. The van der Waals surface area contributed by atoms with Crippen LogP contribution in [0.3, 0.4) is 0 Å². The zero-order chi connectivity index (χ0) is 26.0. The highest BCUT2D eigenvalue weighted by Crippen LogP contribution is 2.47. The molecule has 0 radical (unpaired) electrons. The first-order valence-corrected chi connectivity index (χ1v) is 15.3. The summed E-state index contributed by atoms with van der Waals surface area (Å²) in [5, 5.41) is 12.8. The van der Waals surface area contributed by atoms with E-state index in [0.29, 0.717) is 30.5 Å². The Morgan fingerprint density at radius 3 is 2.42 bits per heavy atom. The predicted molar refractivity (Wildman–Crippen MR) is 150 cm³/mol. The van der Waals surface area contributed by atoms with E-state index in [9.17, 15) is 4.79 Å². The summed E-state index contributed by atoms with van der Waals surface area (Å²) in [4.78, 5) is 20.5. The molecule has 4 fully saturated rings. The van der Waals surface area contributed by atoms with Crippen molar-refractivity contribution in [2.45, 2.75) is 108 Å². The second kappa shape index (κ2) is 11.6. The average molecular weight is 539 g/mol. The molecule has 4 heterocycles. The number of nitrogens with zero attached hydrogens (tertiary/aromatic N) is 4. The standard InChI is InChI=1S/C30H43ClN6O/c31-24-8-6-22(7-9-24)16-28(35-27-17-25-10-11-26(18-27)34-25)29(38)36-14-12-30(13-15-36,19-37-21-32-20-33-37)23-4-2-1-3-5-23/h6-9,20-21,23,25-28,34-35H,1-5,10-19H2/t25?,26?,27?,28-/m1/s1. The van der Waals surface area contributed by atoms with Crippen molar-refractivity contribution in [2.75, 3.05) is 13.1 Å². The molecule has 1 aromatic carbocycles. The number of hydrogen-bond donors (Lipinski definition) is 2. The second-order valence-electron chi connectivity index (χ2n) is 12.5. The molecule has 3 aliphatic heterocycles. The van der Waals surface area contributed by atoms with Gasteiger partial charge in [-0.2, -0.15) is 5.10 Å². The molecule has 3 saturated heterocycles. The van der Waals surface area contributed by atoms with Crippen molar-refractivity contribution < 1.29 is 4.79 Å². The number of carbonyl (C=O) groups excluding carboxylic acids is 1. The van der Waals surface area contributed by atoms with Crippen LogP contribution in [0.5, 0.6) is 0 Å². The number of halogens is 1.